The lowest BCUT2D eigenvalue weighted by Crippen LogP contribution is -2.39. The molecule has 0 aromatic rings. The van der Waals surface area contributed by atoms with Crippen LogP contribution in [0.25, 0.3) is 0 Å². The zero-order valence-electron chi connectivity index (χ0n) is 8.79. The van der Waals surface area contributed by atoms with Crippen molar-refractivity contribution in [3.8, 4) is 0 Å². The molecule has 3 heteroatoms. The standard InChI is InChI=1S/C10H22N2O/c1-3-12-6-4-5-10(12)8-11-7-9(2)13/h9-11,13H,3-8H2,1-2H3/t9-,10?/m0/s1. The van der Waals surface area contributed by atoms with Gasteiger partial charge in [0.15, 0.2) is 0 Å². The van der Waals surface area contributed by atoms with Crippen LogP contribution in [0.4, 0.5) is 0 Å². The van der Waals surface area contributed by atoms with Crippen LogP contribution in [0.15, 0.2) is 0 Å². The summed E-state index contributed by atoms with van der Waals surface area (Å²) in [6, 6.07) is 0.698. The normalized spacial score (nSPS) is 26.5. The van der Waals surface area contributed by atoms with E-state index in [2.05, 4.69) is 17.1 Å². The van der Waals surface area contributed by atoms with E-state index in [4.69, 9.17) is 5.11 Å². The summed E-state index contributed by atoms with van der Waals surface area (Å²) in [5, 5.41) is 12.4. The van der Waals surface area contributed by atoms with Gasteiger partial charge in [0, 0.05) is 19.1 Å². The summed E-state index contributed by atoms with van der Waals surface area (Å²) < 4.78 is 0. The number of rotatable bonds is 5. The van der Waals surface area contributed by atoms with Gasteiger partial charge in [-0.1, -0.05) is 6.92 Å². The number of nitrogens with zero attached hydrogens (tertiary/aromatic N) is 1. The first-order chi connectivity index (χ1) is 6.24. The van der Waals surface area contributed by atoms with Gasteiger partial charge >= 0.3 is 0 Å². The molecule has 0 aromatic carbocycles. The van der Waals surface area contributed by atoms with Gasteiger partial charge in [-0.05, 0) is 32.9 Å². The summed E-state index contributed by atoms with van der Waals surface area (Å²) in [4.78, 5) is 2.51. The Kier molecular flexibility index (Phi) is 4.70. The molecule has 2 N–H and O–H groups in total. The molecule has 0 bridgehead atoms. The van der Waals surface area contributed by atoms with Gasteiger partial charge in [0.1, 0.15) is 0 Å². The molecule has 1 aliphatic heterocycles. The van der Waals surface area contributed by atoms with E-state index in [9.17, 15) is 0 Å². The van der Waals surface area contributed by atoms with Crippen molar-refractivity contribution < 1.29 is 5.11 Å². The third-order valence-corrected chi connectivity index (χ3v) is 2.72. The maximum Gasteiger partial charge on any atom is 0.0636 e. The van der Waals surface area contributed by atoms with Crippen molar-refractivity contribution >= 4 is 0 Å². The highest BCUT2D eigenvalue weighted by atomic mass is 16.3. The van der Waals surface area contributed by atoms with Gasteiger partial charge in [-0.3, -0.25) is 4.90 Å². The first-order valence-corrected chi connectivity index (χ1v) is 5.37. The van der Waals surface area contributed by atoms with Gasteiger partial charge in [-0.25, -0.2) is 0 Å². The Hall–Kier alpha value is -0.120. The minimum atomic E-state index is -0.225. The van der Waals surface area contributed by atoms with E-state index in [0.717, 1.165) is 13.1 Å². The molecular formula is C10H22N2O. The zero-order valence-corrected chi connectivity index (χ0v) is 8.79. The minimum absolute atomic E-state index is 0.225. The highest BCUT2D eigenvalue weighted by Crippen LogP contribution is 2.15. The van der Waals surface area contributed by atoms with E-state index >= 15 is 0 Å². The average molecular weight is 186 g/mol. The Balaban J connectivity index is 2.13. The van der Waals surface area contributed by atoms with Crippen LogP contribution in [0.5, 0.6) is 0 Å². The van der Waals surface area contributed by atoms with Crippen LogP contribution >= 0.6 is 0 Å². The molecule has 0 aliphatic carbocycles. The summed E-state index contributed by atoms with van der Waals surface area (Å²) in [6.07, 6.45) is 2.41. The van der Waals surface area contributed by atoms with Crippen molar-refractivity contribution in [1.82, 2.24) is 10.2 Å². The number of aliphatic hydroxyl groups is 1. The number of likely N-dealkylation sites (tertiary alicyclic amines) is 1. The monoisotopic (exact) mass is 186 g/mol. The van der Waals surface area contributed by atoms with Crippen LogP contribution in [0.2, 0.25) is 0 Å². The molecule has 1 saturated heterocycles. The molecular weight excluding hydrogens is 164 g/mol. The van der Waals surface area contributed by atoms with Crippen molar-refractivity contribution in [1.29, 1.82) is 0 Å². The van der Waals surface area contributed by atoms with E-state index in [1.165, 1.54) is 19.4 Å². The van der Waals surface area contributed by atoms with Crippen LogP contribution in [-0.4, -0.2) is 48.3 Å². The fourth-order valence-corrected chi connectivity index (χ4v) is 2.00. The first-order valence-electron chi connectivity index (χ1n) is 5.37. The van der Waals surface area contributed by atoms with Crippen LogP contribution in [0, 0.1) is 0 Å². The van der Waals surface area contributed by atoms with E-state index in [0.29, 0.717) is 12.6 Å². The summed E-state index contributed by atoms with van der Waals surface area (Å²) in [5.74, 6) is 0. The molecule has 3 nitrogen and oxygen atoms in total. The van der Waals surface area contributed by atoms with Crippen LogP contribution in [0.1, 0.15) is 26.7 Å². The van der Waals surface area contributed by atoms with E-state index < -0.39 is 0 Å². The van der Waals surface area contributed by atoms with Gasteiger partial charge < -0.3 is 10.4 Å². The van der Waals surface area contributed by atoms with Crippen LogP contribution in [-0.2, 0) is 0 Å². The summed E-state index contributed by atoms with van der Waals surface area (Å²) in [6.45, 7) is 8.18. The SMILES string of the molecule is CCN1CCCC1CNC[C@H](C)O. The molecule has 1 rings (SSSR count). The first kappa shape index (κ1) is 11.0. The highest BCUT2D eigenvalue weighted by Gasteiger charge is 2.21. The Morgan fingerprint density at radius 1 is 1.62 bits per heavy atom. The van der Waals surface area contributed by atoms with Gasteiger partial charge in [0.25, 0.3) is 0 Å². The van der Waals surface area contributed by atoms with Crippen LogP contribution < -0.4 is 5.32 Å². The third kappa shape index (κ3) is 3.63. The summed E-state index contributed by atoms with van der Waals surface area (Å²) in [7, 11) is 0. The van der Waals surface area contributed by atoms with Gasteiger partial charge in [-0.15, -0.1) is 0 Å². The quantitative estimate of drug-likeness (QED) is 0.654. The topological polar surface area (TPSA) is 35.5 Å². The second-order valence-electron chi connectivity index (χ2n) is 3.93. The molecule has 13 heavy (non-hydrogen) atoms. The smallest absolute Gasteiger partial charge is 0.0636 e. The molecule has 0 radical (unpaired) electrons. The Labute approximate surface area is 81.1 Å². The predicted molar refractivity (Wildman–Crippen MR) is 54.8 cm³/mol. The lowest BCUT2D eigenvalue weighted by Gasteiger charge is -2.23. The van der Waals surface area contributed by atoms with Gasteiger partial charge in [-0.2, -0.15) is 0 Å². The fourth-order valence-electron chi connectivity index (χ4n) is 2.00. The zero-order chi connectivity index (χ0) is 9.68. The molecule has 2 atom stereocenters. The molecule has 1 heterocycles. The van der Waals surface area contributed by atoms with Crippen molar-refractivity contribution in [2.45, 2.75) is 38.8 Å². The van der Waals surface area contributed by atoms with Gasteiger partial charge in [0.2, 0.25) is 0 Å². The van der Waals surface area contributed by atoms with Gasteiger partial charge in [0.05, 0.1) is 6.10 Å². The molecule has 78 valence electrons. The number of nitrogens with one attached hydrogen (secondary N) is 1. The van der Waals surface area contributed by atoms with Crippen molar-refractivity contribution in [3.63, 3.8) is 0 Å². The number of aliphatic hydroxyl groups excluding tert-OH is 1. The fraction of sp³-hybridized carbons (Fsp3) is 1.00. The molecule has 0 amide bonds. The Morgan fingerprint density at radius 3 is 3.00 bits per heavy atom. The summed E-state index contributed by atoms with van der Waals surface area (Å²) >= 11 is 0. The summed E-state index contributed by atoms with van der Waals surface area (Å²) in [5.41, 5.74) is 0. The number of hydrogen-bond acceptors (Lipinski definition) is 3. The molecule has 0 spiro atoms. The third-order valence-electron chi connectivity index (χ3n) is 2.72. The molecule has 1 fully saturated rings. The number of hydrogen-bond donors (Lipinski definition) is 2. The maximum atomic E-state index is 9.07. The number of likely N-dealkylation sites (N-methyl/N-ethyl adjacent to an activating group) is 1. The van der Waals surface area contributed by atoms with Crippen molar-refractivity contribution in [2.75, 3.05) is 26.2 Å². The average Bonchev–Trinajstić information content (AvgIpc) is 2.51. The lowest BCUT2D eigenvalue weighted by atomic mass is 10.2. The second kappa shape index (κ2) is 5.58. The molecule has 0 aromatic heterocycles. The van der Waals surface area contributed by atoms with Crippen molar-refractivity contribution in [3.05, 3.63) is 0 Å². The predicted octanol–water partition coefficient (Wildman–Crippen LogP) is 0.441. The minimum Gasteiger partial charge on any atom is -0.392 e. The Morgan fingerprint density at radius 2 is 2.38 bits per heavy atom. The Bertz CT molecular complexity index is 139. The lowest BCUT2D eigenvalue weighted by molar-refractivity contribution is 0.183. The van der Waals surface area contributed by atoms with Crippen LogP contribution in [0.3, 0.4) is 0 Å². The van der Waals surface area contributed by atoms with Crippen molar-refractivity contribution in [2.24, 2.45) is 0 Å². The highest BCUT2D eigenvalue weighted by molar-refractivity contribution is 4.80. The molecule has 0 saturated carbocycles. The molecule has 1 unspecified atom stereocenters. The van der Waals surface area contributed by atoms with E-state index in [1.807, 2.05) is 6.92 Å². The largest absolute Gasteiger partial charge is 0.392 e. The molecule has 1 aliphatic rings. The van der Waals surface area contributed by atoms with E-state index in [-0.39, 0.29) is 6.10 Å². The van der Waals surface area contributed by atoms with E-state index in [1.54, 1.807) is 0 Å². The second-order valence-corrected chi connectivity index (χ2v) is 3.93. The maximum absolute atomic E-state index is 9.07.